The van der Waals surface area contributed by atoms with Crippen molar-refractivity contribution in [1.29, 1.82) is 0 Å². The zero-order chi connectivity index (χ0) is 26.4. The highest BCUT2D eigenvalue weighted by molar-refractivity contribution is 5.95. The van der Waals surface area contributed by atoms with Crippen LogP contribution in [0.25, 0.3) is 0 Å². The van der Waals surface area contributed by atoms with E-state index in [9.17, 15) is 9.59 Å². The minimum Gasteiger partial charge on any atom is -0.495 e. The van der Waals surface area contributed by atoms with E-state index < -0.39 is 11.7 Å². The molecule has 1 fully saturated rings. The van der Waals surface area contributed by atoms with Gasteiger partial charge in [-0.15, -0.1) is 0 Å². The molecule has 1 aliphatic rings. The van der Waals surface area contributed by atoms with E-state index in [4.69, 9.17) is 9.47 Å². The summed E-state index contributed by atoms with van der Waals surface area (Å²) in [6.45, 7) is 7.91. The van der Waals surface area contributed by atoms with Crippen molar-refractivity contribution in [2.45, 2.75) is 26.4 Å². The van der Waals surface area contributed by atoms with E-state index in [1.54, 1.807) is 44.9 Å². The van der Waals surface area contributed by atoms with Gasteiger partial charge in [0, 0.05) is 43.6 Å². The van der Waals surface area contributed by atoms with Gasteiger partial charge in [0.15, 0.2) is 0 Å². The molecule has 2 N–H and O–H groups in total. The van der Waals surface area contributed by atoms with E-state index in [2.05, 4.69) is 32.7 Å². The van der Waals surface area contributed by atoms with E-state index in [1.807, 2.05) is 42.5 Å². The smallest absolute Gasteiger partial charge is 0.413 e. The summed E-state index contributed by atoms with van der Waals surface area (Å²) in [5.41, 5.74) is 1.99. The largest absolute Gasteiger partial charge is 0.495 e. The van der Waals surface area contributed by atoms with Crippen molar-refractivity contribution in [2.75, 3.05) is 48.8 Å². The third-order valence-electron chi connectivity index (χ3n) is 5.75. The molecule has 2 amide bonds. The van der Waals surface area contributed by atoms with Gasteiger partial charge in [-0.25, -0.2) is 9.78 Å². The number of piperazine rings is 1. The molecule has 2 heterocycles. The molecule has 0 unspecified atom stereocenters. The first kappa shape index (κ1) is 25.8. The van der Waals surface area contributed by atoms with Gasteiger partial charge in [-0.2, -0.15) is 0 Å². The Kier molecular flexibility index (Phi) is 7.81. The number of carbonyl (C=O) groups excluding carboxylic acids is 2. The molecule has 0 saturated carbocycles. The maximum Gasteiger partial charge on any atom is 0.413 e. The van der Waals surface area contributed by atoms with Crippen LogP contribution in [0.2, 0.25) is 0 Å². The Bertz CT molecular complexity index is 1230. The lowest BCUT2D eigenvalue weighted by molar-refractivity contribution is 0.0633. The zero-order valence-corrected chi connectivity index (χ0v) is 21.7. The predicted octanol–water partition coefficient (Wildman–Crippen LogP) is 5.14. The summed E-state index contributed by atoms with van der Waals surface area (Å²) in [4.78, 5) is 34.4. The number of hydrogen-bond acceptors (Lipinski definition) is 7. The molecule has 4 rings (SSSR count). The summed E-state index contributed by atoms with van der Waals surface area (Å²) in [7, 11) is 1.59. The van der Waals surface area contributed by atoms with Crippen molar-refractivity contribution < 1.29 is 19.1 Å². The van der Waals surface area contributed by atoms with Crippen molar-refractivity contribution in [3.63, 3.8) is 0 Å². The molecular weight excluding hydrogens is 470 g/mol. The topological polar surface area (TPSA) is 96.0 Å². The number of methoxy groups -OCH3 is 1. The number of para-hydroxylation sites is 3. The summed E-state index contributed by atoms with van der Waals surface area (Å²) in [6, 6.07) is 20.9. The Balaban J connectivity index is 1.56. The quantitative estimate of drug-likeness (QED) is 0.481. The number of pyridine rings is 1. The molecule has 0 atom stereocenters. The lowest BCUT2D eigenvalue weighted by atomic mass is 10.2. The molecule has 1 aliphatic heterocycles. The van der Waals surface area contributed by atoms with Crippen LogP contribution >= 0.6 is 0 Å². The monoisotopic (exact) mass is 503 g/mol. The summed E-state index contributed by atoms with van der Waals surface area (Å²) >= 11 is 0. The SMILES string of the molecule is COc1ccccc1Nc1cc(NC(=O)OC(C)(C)C)nc(C(=O)N2CCN(c3ccccc3)CC2)c1. The van der Waals surface area contributed by atoms with E-state index in [1.165, 1.54) is 0 Å². The summed E-state index contributed by atoms with van der Waals surface area (Å²) in [5.74, 6) is 0.648. The standard InChI is InChI=1S/C28H33N5O4/c1-28(2,3)37-27(35)31-25-19-20(29-22-12-8-9-13-24(22)36-4)18-23(30-25)26(34)33-16-14-32(15-17-33)21-10-6-5-7-11-21/h5-13,18-19H,14-17H2,1-4H3,(H2,29,30,31,35). The van der Waals surface area contributed by atoms with Gasteiger partial charge in [0.1, 0.15) is 22.9 Å². The van der Waals surface area contributed by atoms with Crippen molar-refractivity contribution in [2.24, 2.45) is 0 Å². The molecule has 9 nitrogen and oxygen atoms in total. The fourth-order valence-electron chi connectivity index (χ4n) is 4.06. The first-order valence-electron chi connectivity index (χ1n) is 12.2. The maximum absolute atomic E-state index is 13.5. The molecule has 2 aromatic carbocycles. The first-order valence-corrected chi connectivity index (χ1v) is 12.2. The molecule has 0 radical (unpaired) electrons. The van der Waals surface area contributed by atoms with Gasteiger partial charge < -0.3 is 24.6 Å². The van der Waals surface area contributed by atoms with Crippen LogP contribution in [0, 0.1) is 0 Å². The Morgan fingerprint density at radius 1 is 0.919 bits per heavy atom. The second kappa shape index (κ2) is 11.2. The van der Waals surface area contributed by atoms with E-state index in [-0.39, 0.29) is 17.4 Å². The van der Waals surface area contributed by atoms with Crippen LogP contribution in [0.1, 0.15) is 31.3 Å². The third kappa shape index (κ3) is 6.91. The average Bonchev–Trinajstić information content (AvgIpc) is 2.88. The molecule has 3 aromatic rings. The third-order valence-corrected chi connectivity index (χ3v) is 5.75. The molecule has 37 heavy (non-hydrogen) atoms. The van der Waals surface area contributed by atoms with Crippen molar-refractivity contribution in [3.8, 4) is 5.75 Å². The van der Waals surface area contributed by atoms with Gasteiger partial charge in [-0.05, 0) is 51.1 Å². The Morgan fingerprint density at radius 2 is 1.59 bits per heavy atom. The molecule has 1 saturated heterocycles. The number of anilines is 4. The number of rotatable bonds is 6. The number of hydrogen-bond donors (Lipinski definition) is 2. The Labute approximate surface area is 217 Å². The van der Waals surface area contributed by atoms with Crippen LogP contribution in [0.5, 0.6) is 5.75 Å². The van der Waals surface area contributed by atoms with Gasteiger partial charge in [0.05, 0.1) is 12.8 Å². The van der Waals surface area contributed by atoms with Crippen molar-refractivity contribution >= 4 is 34.9 Å². The van der Waals surface area contributed by atoms with Crippen LogP contribution in [-0.2, 0) is 4.74 Å². The zero-order valence-electron chi connectivity index (χ0n) is 21.7. The summed E-state index contributed by atoms with van der Waals surface area (Å²) < 4.78 is 10.8. The molecule has 0 spiro atoms. The van der Waals surface area contributed by atoms with Crippen molar-refractivity contribution in [3.05, 3.63) is 72.4 Å². The van der Waals surface area contributed by atoms with Gasteiger partial charge in [-0.1, -0.05) is 30.3 Å². The minimum absolute atomic E-state index is 0.205. The molecule has 9 heteroatoms. The van der Waals surface area contributed by atoms with Crippen LogP contribution in [0.15, 0.2) is 66.7 Å². The predicted molar refractivity (Wildman–Crippen MR) is 145 cm³/mol. The number of nitrogens with zero attached hydrogens (tertiary/aromatic N) is 3. The fraction of sp³-hybridized carbons (Fsp3) is 0.321. The maximum atomic E-state index is 13.5. The Morgan fingerprint density at radius 3 is 2.27 bits per heavy atom. The van der Waals surface area contributed by atoms with Gasteiger partial charge in [0.2, 0.25) is 0 Å². The van der Waals surface area contributed by atoms with Crippen LogP contribution < -0.4 is 20.3 Å². The molecule has 194 valence electrons. The van der Waals surface area contributed by atoms with Crippen LogP contribution in [0.4, 0.5) is 27.7 Å². The fourth-order valence-corrected chi connectivity index (χ4v) is 4.06. The average molecular weight is 504 g/mol. The number of nitrogens with one attached hydrogen (secondary N) is 2. The number of carbonyl (C=O) groups is 2. The molecule has 0 aliphatic carbocycles. The second-order valence-electron chi connectivity index (χ2n) is 9.69. The molecule has 1 aromatic heterocycles. The van der Waals surface area contributed by atoms with Gasteiger partial charge in [0.25, 0.3) is 5.91 Å². The van der Waals surface area contributed by atoms with E-state index >= 15 is 0 Å². The highest BCUT2D eigenvalue weighted by atomic mass is 16.6. The van der Waals surface area contributed by atoms with E-state index in [0.29, 0.717) is 30.2 Å². The lowest BCUT2D eigenvalue weighted by Gasteiger charge is -2.36. The first-order chi connectivity index (χ1) is 17.7. The lowest BCUT2D eigenvalue weighted by Crippen LogP contribution is -2.49. The van der Waals surface area contributed by atoms with E-state index in [0.717, 1.165) is 18.8 Å². The van der Waals surface area contributed by atoms with Crippen LogP contribution in [-0.4, -0.2) is 60.8 Å². The molecule has 0 bridgehead atoms. The van der Waals surface area contributed by atoms with Crippen molar-refractivity contribution in [1.82, 2.24) is 9.88 Å². The van der Waals surface area contributed by atoms with Gasteiger partial charge in [-0.3, -0.25) is 10.1 Å². The number of amides is 2. The highest BCUT2D eigenvalue weighted by Crippen LogP contribution is 2.29. The highest BCUT2D eigenvalue weighted by Gasteiger charge is 2.25. The van der Waals surface area contributed by atoms with Gasteiger partial charge >= 0.3 is 6.09 Å². The number of benzene rings is 2. The summed E-state index contributed by atoms with van der Waals surface area (Å²) in [5, 5.41) is 5.93. The number of ether oxygens (including phenoxy) is 2. The second-order valence-corrected chi connectivity index (χ2v) is 9.69. The normalized spacial score (nSPS) is 13.6. The Hall–Kier alpha value is -4.27. The molecular formula is C28H33N5O4. The number of aromatic nitrogens is 1. The summed E-state index contributed by atoms with van der Waals surface area (Å²) in [6.07, 6.45) is -0.649. The van der Waals surface area contributed by atoms with Crippen LogP contribution in [0.3, 0.4) is 0 Å². The minimum atomic E-state index is -0.672.